The van der Waals surface area contributed by atoms with Crippen molar-refractivity contribution in [2.45, 2.75) is 0 Å². The van der Waals surface area contributed by atoms with Crippen molar-refractivity contribution < 1.29 is 0 Å². The second kappa shape index (κ2) is 15.1. The molecule has 0 fully saturated rings. The van der Waals surface area contributed by atoms with Crippen molar-refractivity contribution in [3.8, 4) is 50.2 Å². The SMILES string of the molecule is c1ccc(-c2ccc(-c3ccc(N(c4ccc(-c5ccc6ccccc6c5)cc4)c4cccc(-c5cccc6c5c5ccccc5n6-c5ccccc5)c4)cc3)cc2)cc1. The molecule has 0 saturated carbocycles. The van der Waals surface area contributed by atoms with E-state index in [0.717, 1.165) is 22.7 Å². The molecule has 1 heterocycles. The first-order chi connectivity index (χ1) is 29.7. The number of aromatic nitrogens is 1. The van der Waals surface area contributed by atoms with E-state index in [0.29, 0.717) is 0 Å². The number of hydrogen-bond acceptors (Lipinski definition) is 1. The number of hydrogen-bond donors (Lipinski definition) is 0. The predicted molar refractivity (Wildman–Crippen MR) is 255 cm³/mol. The van der Waals surface area contributed by atoms with E-state index >= 15 is 0 Å². The summed E-state index contributed by atoms with van der Waals surface area (Å²) in [4.78, 5) is 2.38. The van der Waals surface area contributed by atoms with Crippen molar-refractivity contribution in [2.24, 2.45) is 0 Å². The molecule has 0 aliphatic rings. The number of nitrogens with zero attached hydrogens (tertiary/aromatic N) is 2. The largest absolute Gasteiger partial charge is 0.310 e. The Balaban J connectivity index is 1.01. The van der Waals surface area contributed by atoms with Crippen LogP contribution < -0.4 is 4.90 Å². The molecule has 0 unspecified atom stereocenters. The molecule has 0 bridgehead atoms. The Kier molecular flexibility index (Phi) is 8.87. The maximum Gasteiger partial charge on any atom is 0.0547 e. The lowest BCUT2D eigenvalue weighted by molar-refractivity contribution is 1.18. The summed E-state index contributed by atoms with van der Waals surface area (Å²) >= 11 is 0. The molecular weight excluding hydrogens is 725 g/mol. The van der Waals surface area contributed by atoms with Gasteiger partial charge in [0.15, 0.2) is 0 Å². The maximum absolute atomic E-state index is 2.39. The Morgan fingerprint density at radius 3 is 1.48 bits per heavy atom. The van der Waals surface area contributed by atoms with Gasteiger partial charge >= 0.3 is 0 Å². The number of anilines is 3. The number of benzene rings is 10. The number of rotatable bonds is 8. The van der Waals surface area contributed by atoms with Gasteiger partial charge in [-0.3, -0.25) is 0 Å². The molecule has 0 spiro atoms. The summed E-state index contributed by atoms with van der Waals surface area (Å²) < 4.78 is 2.39. The van der Waals surface area contributed by atoms with E-state index in [9.17, 15) is 0 Å². The van der Waals surface area contributed by atoms with Gasteiger partial charge in [0, 0.05) is 33.5 Å². The average molecular weight is 765 g/mol. The summed E-state index contributed by atoms with van der Waals surface area (Å²) in [6, 6.07) is 87.8. The Hall–Kier alpha value is -7.94. The van der Waals surface area contributed by atoms with Crippen LogP contribution in [0.2, 0.25) is 0 Å². The summed E-state index contributed by atoms with van der Waals surface area (Å²) in [5.74, 6) is 0. The van der Waals surface area contributed by atoms with Crippen LogP contribution in [0.25, 0.3) is 82.8 Å². The monoisotopic (exact) mass is 764 g/mol. The Bertz CT molecular complexity index is 3270. The zero-order chi connectivity index (χ0) is 39.8. The molecule has 0 aliphatic carbocycles. The van der Waals surface area contributed by atoms with E-state index in [2.05, 4.69) is 252 Å². The quantitative estimate of drug-likeness (QED) is 0.150. The number of para-hydroxylation sites is 2. The molecule has 0 aliphatic heterocycles. The van der Waals surface area contributed by atoms with Gasteiger partial charge in [0.2, 0.25) is 0 Å². The molecule has 11 aromatic rings. The molecule has 282 valence electrons. The highest BCUT2D eigenvalue weighted by Crippen LogP contribution is 2.42. The molecule has 0 saturated heterocycles. The molecule has 2 nitrogen and oxygen atoms in total. The normalized spacial score (nSPS) is 11.3. The average Bonchev–Trinajstić information content (AvgIpc) is 3.67. The van der Waals surface area contributed by atoms with Crippen LogP contribution in [0, 0.1) is 0 Å². The van der Waals surface area contributed by atoms with E-state index in [1.54, 1.807) is 0 Å². The van der Waals surface area contributed by atoms with Crippen molar-refractivity contribution >= 4 is 49.6 Å². The van der Waals surface area contributed by atoms with Crippen molar-refractivity contribution in [2.75, 3.05) is 4.90 Å². The molecule has 11 rings (SSSR count). The number of fused-ring (bicyclic) bond motifs is 4. The zero-order valence-corrected chi connectivity index (χ0v) is 33.0. The predicted octanol–water partition coefficient (Wildman–Crippen LogP) is 16.1. The van der Waals surface area contributed by atoms with Gasteiger partial charge in [0.25, 0.3) is 0 Å². The van der Waals surface area contributed by atoms with E-state index < -0.39 is 0 Å². The fourth-order valence-corrected chi connectivity index (χ4v) is 8.84. The smallest absolute Gasteiger partial charge is 0.0547 e. The van der Waals surface area contributed by atoms with Gasteiger partial charge in [-0.2, -0.15) is 0 Å². The Morgan fingerprint density at radius 2 is 0.783 bits per heavy atom. The molecule has 1 aromatic heterocycles. The third kappa shape index (κ3) is 6.41. The minimum absolute atomic E-state index is 1.09. The molecule has 0 atom stereocenters. The van der Waals surface area contributed by atoms with E-state index in [-0.39, 0.29) is 0 Å². The highest BCUT2D eigenvalue weighted by Gasteiger charge is 2.18. The summed E-state index contributed by atoms with van der Waals surface area (Å²) in [5.41, 5.74) is 16.4. The summed E-state index contributed by atoms with van der Waals surface area (Å²) in [7, 11) is 0. The van der Waals surface area contributed by atoms with Gasteiger partial charge in [-0.15, -0.1) is 0 Å². The van der Waals surface area contributed by atoms with Gasteiger partial charge in [-0.25, -0.2) is 0 Å². The van der Waals surface area contributed by atoms with Crippen LogP contribution in [0.15, 0.2) is 243 Å². The molecular formula is C58H40N2. The van der Waals surface area contributed by atoms with Gasteiger partial charge < -0.3 is 9.47 Å². The van der Waals surface area contributed by atoms with Crippen molar-refractivity contribution in [3.05, 3.63) is 243 Å². The van der Waals surface area contributed by atoms with Crippen LogP contribution in [0.4, 0.5) is 17.1 Å². The third-order valence-corrected chi connectivity index (χ3v) is 11.8. The molecule has 60 heavy (non-hydrogen) atoms. The minimum Gasteiger partial charge on any atom is -0.310 e. The van der Waals surface area contributed by atoms with Crippen molar-refractivity contribution in [3.63, 3.8) is 0 Å². The lowest BCUT2D eigenvalue weighted by atomic mass is 9.98. The van der Waals surface area contributed by atoms with Crippen LogP contribution in [0.3, 0.4) is 0 Å². The van der Waals surface area contributed by atoms with Crippen LogP contribution in [0.1, 0.15) is 0 Å². The molecule has 0 amide bonds. The summed E-state index contributed by atoms with van der Waals surface area (Å²) in [6.45, 7) is 0. The van der Waals surface area contributed by atoms with E-state index in [4.69, 9.17) is 0 Å². The zero-order valence-electron chi connectivity index (χ0n) is 33.0. The fourth-order valence-electron chi connectivity index (χ4n) is 8.84. The van der Waals surface area contributed by atoms with Gasteiger partial charge in [-0.05, 0) is 122 Å². The topological polar surface area (TPSA) is 8.17 Å². The van der Waals surface area contributed by atoms with Gasteiger partial charge in [0.1, 0.15) is 0 Å². The standard InChI is InChI=1S/C58H40N2/c1-3-13-41(14-4-1)43-25-27-44(28-26-43)45-31-35-51(36-32-45)59(52-37-33-46(34-38-52)48-30-29-42-15-7-8-16-47(42)39-48)53-20-11-17-49(40-53)54-22-12-24-57-58(54)55-21-9-10-23-56(55)60(57)50-18-5-2-6-19-50/h1-40H. The summed E-state index contributed by atoms with van der Waals surface area (Å²) in [5, 5.41) is 4.99. The van der Waals surface area contributed by atoms with Gasteiger partial charge in [-0.1, -0.05) is 176 Å². The highest BCUT2D eigenvalue weighted by molar-refractivity contribution is 6.16. The lowest BCUT2D eigenvalue weighted by Crippen LogP contribution is -2.10. The van der Waals surface area contributed by atoms with Crippen LogP contribution >= 0.6 is 0 Å². The van der Waals surface area contributed by atoms with E-state index in [1.165, 1.54) is 77.1 Å². The first-order valence-corrected chi connectivity index (χ1v) is 20.6. The van der Waals surface area contributed by atoms with Crippen LogP contribution in [-0.4, -0.2) is 4.57 Å². The first-order valence-electron chi connectivity index (χ1n) is 20.6. The second-order valence-corrected chi connectivity index (χ2v) is 15.4. The third-order valence-electron chi connectivity index (χ3n) is 11.8. The van der Waals surface area contributed by atoms with Crippen molar-refractivity contribution in [1.29, 1.82) is 0 Å². The summed E-state index contributed by atoms with van der Waals surface area (Å²) in [6.07, 6.45) is 0. The Labute approximate surface area is 350 Å². The second-order valence-electron chi connectivity index (χ2n) is 15.4. The molecule has 0 N–H and O–H groups in total. The molecule has 10 aromatic carbocycles. The lowest BCUT2D eigenvalue weighted by Gasteiger charge is -2.26. The minimum atomic E-state index is 1.09. The first kappa shape index (κ1) is 35.2. The fraction of sp³-hybridized carbons (Fsp3) is 0. The maximum atomic E-state index is 2.39. The van der Waals surface area contributed by atoms with Crippen LogP contribution in [0.5, 0.6) is 0 Å². The highest BCUT2D eigenvalue weighted by atomic mass is 15.1. The molecule has 0 radical (unpaired) electrons. The van der Waals surface area contributed by atoms with E-state index in [1.807, 2.05) is 0 Å². The van der Waals surface area contributed by atoms with Crippen LogP contribution in [-0.2, 0) is 0 Å². The Morgan fingerprint density at radius 1 is 0.283 bits per heavy atom. The van der Waals surface area contributed by atoms with Gasteiger partial charge in [0.05, 0.1) is 11.0 Å². The molecule has 2 heteroatoms. The van der Waals surface area contributed by atoms with Crippen molar-refractivity contribution in [1.82, 2.24) is 4.57 Å².